The zero-order valence-corrected chi connectivity index (χ0v) is 22.5. The van der Waals surface area contributed by atoms with E-state index in [1.807, 2.05) is 26.8 Å². The molecule has 0 aliphatic carbocycles. The molecule has 1 N–H and O–H groups in total. The third-order valence-electron chi connectivity index (χ3n) is 5.10. The summed E-state index contributed by atoms with van der Waals surface area (Å²) in [5.74, 6) is -0.151. The first-order chi connectivity index (χ1) is 16.0. The highest BCUT2D eigenvalue weighted by Gasteiger charge is 2.32. The van der Waals surface area contributed by atoms with Crippen molar-refractivity contribution in [2.24, 2.45) is 0 Å². The minimum Gasteiger partial charge on any atom is -0.497 e. The van der Waals surface area contributed by atoms with Crippen molar-refractivity contribution in [1.82, 2.24) is 10.2 Å². The number of methoxy groups -OCH3 is 1. The number of carbonyl (C=O) groups excluding carboxylic acids is 2. The van der Waals surface area contributed by atoms with E-state index in [-0.39, 0.29) is 18.5 Å². The van der Waals surface area contributed by atoms with Gasteiger partial charge in [0.2, 0.25) is 21.8 Å². The number of nitrogens with zero attached hydrogens (tertiary/aromatic N) is 2. The molecule has 0 radical (unpaired) electrons. The van der Waals surface area contributed by atoms with Gasteiger partial charge in [0.1, 0.15) is 18.3 Å². The van der Waals surface area contributed by atoms with Crippen molar-refractivity contribution in [1.29, 1.82) is 0 Å². The molecule has 0 fully saturated rings. The summed E-state index contributed by atoms with van der Waals surface area (Å²) in [6, 6.07) is 13.0. The van der Waals surface area contributed by atoms with Crippen LogP contribution in [0.4, 0.5) is 5.69 Å². The quantitative estimate of drug-likeness (QED) is 0.459. The van der Waals surface area contributed by atoms with Crippen molar-refractivity contribution in [2.75, 3.05) is 24.2 Å². The van der Waals surface area contributed by atoms with Crippen molar-refractivity contribution in [3.05, 3.63) is 58.6 Å². The van der Waals surface area contributed by atoms with E-state index in [4.69, 9.17) is 4.74 Å². The Balaban J connectivity index is 2.44. The largest absolute Gasteiger partial charge is 0.497 e. The Morgan fingerprint density at radius 1 is 1.12 bits per heavy atom. The third kappa shape index (κ3) is 7.73. The second kappa shape index (κ2) is 12.2. The zero-order valence-electron chi connectivity index (χ0n) is 20.1. The van der Waals surface area contributed by atoms with E-state index in [1.165, 1.54) is 4.90 Å². The van der Waals surface area contributed by atoms with Gasteiger partial charge >= 0.3 is 0 Å². The molecule has 0 spiro atoms. The molecule has 2 rings (SSSR count). The molecule has 0 saturated heterocycles. The first-order valence-electron chi connectivity index (χ1n) is 10.9. The van der Waals surface area contributed by atoms with Gasteiger partial charge in [-0.15, -0.1) is 0 Å². The van der Waals surface area contributed by atoms with Crippen molar-refractivity contribution in [3.8, 4) is 5.75 Å². The molecule has 8 nitrogen and oxygen atoms in total. The number of halogens is 1. The molecule has 0 heterocycles. The maximum absolute atomic E-state index is 13.6. The smallest absolute Gasteiger partial charge is 0.244 e. The van der Waals surface area contributed by atoms with Crippen LogP contribution in [0.25, 0.3) is 0 Å². The van der Waals surface area contributed by atoms with Gasteiger partial charge in [-0.2, -0.15) is 0 Å². The maximum Gasteiger partial charge on any atom is 0.244 e. The van der Waals surface area contributed by atoms with Crippen molar-refractivity contribution < 1.29 is 22.7 Å². The van der Waals surface area contributed by atoms with Crippen LogP contribution in [0.2, 0.25) is 0 Å². The van der Waals surface area contributed by atoms with Crippen LogP contribution in [0.3, 0.4) is 0 Å². The Morgan fingerprint density at radius 2 is 1.76 bits per heavy atom. The van der Waals surface area contributed by atoms with Crippen LogP contribution < -0.4 is 14.4 Å². The highest BCUT2D eigenvalue weighted by atomic mass is 79.9. The summed E-state index contributed by atoms with van der Waals surface area (Å²) in [5.41, 5.74) is 1.12. The molecule has 0 aromatic heterocycles. The summed E-state index contributed by atoms with van der Waals surface area (Å²) in [4.78, 5) is 28.0. The molecule has 34 heavy (non-hydrogen) atoms. The fraction of sp³-hybridized carbons (Fsp3) is 0.417. The Hall–Kier alpha value is -2.59. The summed E-state index contributed by atoms with van der Waals surface area (Å²) in [7, 11) is -2.21. The number of hydrogen-bond acceptors (Lipinski definition) is 5. The van der Waals surface area contributed by atoms with Crippen LogP contribution in [0, 0.1) is 0 Å². The standard InChI is InChI=1S/C24H32BrN3O5S/c1-6-22(24(30)26-17(2)3)27(15-18-8-7-9-21(14-18)33-4)23(29)16-28(34(5,31)32)20-12-10-19(25)11-13-20/h7-14,17,22H,6,15-16H2,1-5H3,(H,26,30). The Bertz CT molecular complexity index is 1090. The van der Waals surface area contributed by atoms with Gasteiger partial charge in [-0.25, -0.2) is 8.42 Å². The monoisotopic (exact) mass is 553 g/mol. The maximum atomic E-state index is 13.6. The third-order valence-corrected chi connectivity index (χ3v) is 6.77. The number of anilines is 1. The lowest BCUT2D eigenvalue weighted by Crippen LogP contribution is -2.53. The average Bonchev–Trinajstić information content (AvgIpc) is 2.76. The molecule has 186 valence electrons. The van der Waals surface area contributed by atoms with Crippen LogP contribution >= 0.6 is 15.9 Å². The predicted octanol–water partition coefficient (Wildman–Crippen LogP) is 3.56. The molecule has 0 aliphatic rings. The number of nitrogens with one attached hydrogen (secondary N) is 1. The number of amides is 2. The van der Waals surface area contributed by atoms with Crippen LogP contribution in [-0.4, -0.2) is 57.1 Å². The number of benzene rings is 2. The number of carbonyl (C=O) groups is 2. The number of sulfonamides is 1. The Labute approximate surface area is 210 Å². The number of hydrogen-bond donors (Lipinski definition) is 1. The molecular weight excluding hydrogens is 522 g/mol. The van der Waals surface area contributed by atoms with E-state index in [1.54, 1.807) is 49.6 Å². The van der Waals surface area contributed by atoms with Gasteiger partial charge < -0.3 is 15.0 Å². The molecule has 0 aliphatic heterocycles. The van der Waals surface area contributed by atoms with Crippen LogP contribution in [0.1, 0.15) is 32.8 Å². The van der Waals surface area contributed by atoms with Gasteiger partial charge in [-0.3, -0.25) is 13.9 Å². The van der Waals surface area contributed by atoms with Crippen molar-refractivity contribution in [3.63, 3.8) is 0 Å². The minimum absolute atomic E-state index is 0.106. The molecular formula is C24H32BrN3O5S. The van der Waals surface area contributed by atoms with E-state index < -0.39 is 28.5 Å². The number of ether oxygens (including phenoxy) is 1. The SMILES string of the molecule is CCC(C(=O)NC(C)C)N(Cc1cccc(OC)c1)C(=O)CN(c1ccc(Br)cc1)S(C)(=O)=O. The Morgan fingerprint density at radius 3 is 2.29 bits per heavy atom. The fourth-order valence-corrected chi connectivity index (χ4v) is 4.60. The summed E-state index contributed by atoms with van der Waals surface area (Å²) in [5, 5.41) is 2.86. The van der Waals surface area contributed by atoms with E-state index in [9.17, 15) is 18.0 Å². The average molecular weight is 555 g/mol. The minimum atomic E-state index is -3.76. The normalized spacial score (nSPS) is 12.2. The van der Waals surface area contributed by atoms with Gasteiger partial charge in [0.05, 0.1) is 19.1 Å². The predicted molar refractivity (Wildman–Crippen MR) is 137 cm³/mol. The summed E-state index contributed by atoms with van der Waals surface area (Å²) in [6.07, 6.45) is 1.42. The lowest BCUT2D eigenvalue weighted by Gasteiger charge is -2.33. The van der Waals surface area contributed by atoms with Gasteiger partial charge in [0.15, 0.2) is 0 Å². The Kier molecular flexibility index (Phi) is 9.93. The fourth-order valence-electron chi connectivity index (χ4n) is 3.49. The molecule has 1 unspecified atom stereocenters. The van der Waals surface area contributed by atoms with E-state index >= 15 is 0 Å². The van der Waals surface area contributed by atoms with Gasteiger partial charge in [0, 0.05) is 17.1 Å². The highest BCUT2D eigenvalue weighted by molar-refractivity contribution is 9.10. The summed E-state index contributed by atoms with van der Waals surface area (Å²) >= 11 is 3.33. The highest BCUT2D eigenvalue weighted by Crippen LogP contribution is 2.22. The van der Waals surface area contributed by atoms with Crippen LogP contribution in [0.5, 0.6) is 5.75 Å². The molecule has 0 saturated carbocycles. The summed E-state index contributed by atoms with van der Waals surface area (Å²) in [6.45, 7) is 5.20. The first kappa shape index (κ1) is 27.7. The van der Waals surface area contributed by atoms with E-state index in [0.717, 1.165) is 20.6 Å². The molecule has 2 amide bonds. The van der Waals surface area contributed by atoms with Crippen LogP contribution in [0.15, 0.2) is 53.0 Å². The topological polar surface area (TPSA) is 96.0 Å². The first-order valence-corrected chi connectivity index (χ1v) is 13.6. The van der Waals surface area contributed by atoms with Gasteiger partial charge in [-0.05, 0) is 62.2 Å². The van der Waals surface area contributed by atoms with Crippen molar-refractivity contribution >= 4 is 43.5 Å². The lowest BCUT2D eigenvalue weighted by molar-refractivity contribution is -0.140. The molecule has 2 aromatic rings. The number of rotatable bonds is 11. The van der Waals surface area contributed by atoms with Gasteiger partial charge in [0.25, 0.3) is 0 Å². The molecule has 0 bridgehead atoms. The molecule has 2 aromatic carbocycles. The molecule has 1 atom stereocenters. The lowest BCUT2D eigenvalue weighted by atomic mass is 10.1. The second-order valence-corrected chi connectivity index (χ2v) is 11.0. The van der Waals surface area contributed by atoms with Gasteiger partial charge in [-0.1, -0.05) is 35.0 Å². The molecule has 10 heteroatoms. The second-order valence-electron chi connectivity index (χ2n) is 8.21. The summed E-state index contributed by atoms with van der Waals surface area (Å²) < 4.78 is 32.3. The van der Waals surface area contributed by atoms with E-state index in [2.05, 4.69) is 21.2 Å². The zero-order chi connectivity index (χ0) is 25.5. The van der Waals surface area contributed by atoms with Crippen molar-refractivity contribution in [2.45, 2.75) is 45.8 Å². The van der Waals surface area contributed by atoms with Crippen LogP contribution in [-0.2, 0) is 26.2 Å². The van der Waals surface area contributed by atoms with E-state index in [0.29, 0.717) is 17.9 Å².